The molecule has 1 aromatic rings. The molecule has 154 valence electrons. The largest absolute Gasteiger partial charge is 0.473 e. The van der Waals surface area contributed by atoms with Gasteiger partial charge >= 0.3 is 18.0 Å². The van der Waals surface area contributed by atoms with Crippen LogP contribution in [0.2, 0.25) is 0 Å². The Balaban J connectivity index is 0.000000409. The Bertz CT molecular complexity index is 722. The molecular weight excluding hydrogens is 364 g/mol. The molecule has 28 heavy (non-hydrogen) atoms. The van der Waals surface area contributed by atoms with E-state index in [2.05, 4.69) is 29.6 Å². The lowest BCUT2D eigenvalue weighted by Gasteiger charge is -2.46. The molecule has 3 N–H and O–H groups in total. The van der Waals surface area contributed by atoms with Crippen LogP contribution in [0.1, 0.15) is 44.7 Å². The summed E-state index contributed by atoms with van der Waals surface area (Å²) < 4.78 is 5.60. The van der Waals surface area contributed by atoms with Crippen molar-refractivity contribution in [2.45, 2.75) is 51.2 Å². The first-order valence-corrected chi connectivity index (χ1v) is 9.27. The summed E-state index contributed by atoms with van der Waals surface area (Å²) in [6.45, 7) is 9.20. The van der Waals surface area contributed by atoms with Gasteiger partial charge in [-0.15, -0.1) is 0 Å². The lowest BCUT2D eigenvalue weighted by Crippen LogP contribution is -2.53. The van der Waals surface area contributed by atoms with Crippen molar-refractivity contribution >= 4 is 18.0 Å². The van der Waals surface area contributed by atoms with Crippen molar-refractivity contribution in [2.75, 3.05) is 19.6 Å². The smallest absolute Gasteiger partial charge is 0.414 e. The number of hydrogen-bond donors (Lipinski definition) is 3. The zero-order valence-corrected chi connectivity index (χ0v) is 16.5. The Morgan fingerprint density at radius 1 is 1.07 bits per heavy atom. The van der Waals surface area contributed by atoms with Crippen LogP contribution in [0.25, 0.3) is 0 Å². The summed E-state index contributed by atoms with van der Waals surface area (Å²) in [6.07, 6.45) is 1.95. The van der Waals surface area contributed by atoms with Crippen molar-refractivity contribution < 1.29 is 29.3 Å². The maximum atomic E-state index is 12.5. The molecule has 0 unspecified atom stereocenters. The zero-order valence-electron chi connectivity index (χ0n) is 16.5. The van der Waals surface area contributed by atoms with Gasteiger partial charge in [0, 0.05) is 18.5 Å². The van der Waals surface area contributed by atoms with Crippen LogP contribution in [0.3, 0.4) is 0 Å². The number of piperidine rings is 1. The number of carboxylic acids is 2. The quantitative estimate of drug-likeness (QED) is 0.580. The first-order chi connectivity index (χ1) is 13.0. The maximum Gasteiger partial charge on any atom is 0.414 e. The van der Waals surface area contributed by atoms with Crippen LogP contribution in [-0.4, -0.2) is 58.4 Å². The molecule has 0 aliphatic carbocycles. The number of benzene rings is 1. The van der Waals surface area contributed by atoms with Crippen LogP contribution >= 0.6 is 0 Å². The van der Waals surface area contributed by atoms with Gasteiger partial charge in [0.15, 0.2) is 0 Å². The summed E-state index contributed by atoms with van der Waals surface area (Å²) >= 11 is 0. The molecule has 1 aromatic carbocycles. The van der Waals surface area contributed by atoms with E-state index in [1.54, 1.807) is 0 Å². The standard InChI is InChI=1S/C18H26N2O2.C2H2O4/c1-17(2,3)22-16(21)20-12-14-6-4-5-7-15(14)18(13-20)8-10-19-11-9-18;3-1(4)2(5)6/h4-7,19H,8-13H2,1-3H3;(H,3,4)(H,5,6). The molecule has 1 amide bonds. The highest BCUT2D eigenvalue weighted by Gasteiger charge is 2.42. The van der Waals surface area contributed by atoms with E-state index in [0.29, 0.717) is 6.54 Å². The van der Waals surface area contributed by atoms with Gasteiger partial charge in [-0.2, -0.15) is 0 Å². The van der Waals surface area contributed by atoms with Gasteiger partial charge in [-0.1, -0.05) is 24.3 Å². The average Bonchev–Trinajstić information content (AvgIpc) is 2.61. The fourth-order valence-corrected chi connectivity index (χ4v) is 3.68. The molecule has 2 aliphatic rings. The SMILES string of the molecule is CC(C)(C)OC(=O)N1Cc2ccccc2C2(CCNCC2)C1.O=C(O)C(=O)O. The molecule has 0 bridgehead atoms. The molecule has 8 nitrogen and oxygen atoms in total. The van der Waals surface area contributed by atoms with E-state index >= 15 is 0 Å². The van der Waals surface area contributed by atoms with Crippen LogP contribution in [0.5, 0.6) is 0 Å². The molecule has 0 saturated carbocycles. The summed E-state index contributed by atoms with van der Waals surface area (Å²) in [4.78, 5) is 32.6. The Hall–Kier alpha value is -2.61. The first-order valence-electron chi connectivity index (χ1n) is 9.27. The van der Waals surface area contributed by atoms with Gasteiger partial charge in [0.05, 0.1) is 0 Å². The molecular formula is C20H28N2O6. The predicted molar refractivity (Wildman–Crippen MR) is 102 cm³/mol. The summed E-state index contributed by atoms with van der Waals surface area (Å²) in [5.41, 5.74) is 2.32. The number of rotatable bonds is 0. The normalized spacial score (nSPS) is 17.8. The second-order valence-corrected chi connectivity index (χ2v) is 8.13. The molecule has 2 aliphatic heterocycles. The van der Waals surface area contributed by atoms with Gasteiger partial charge in [0.2, 0.25) is 0 Å². The van der Waals surface area contributed by atoms with Crippen molar-refractivity contribution in [3.8, 4) is 0 Å². The second-order valence-electron chi connectivity index (χ2n) is 8.13. The van der Waals surface area contributed by atoms with Gasteiger partial charge in [-0.05, 0) is 57.8 Å². The number of amides is 1. The monoisotopic (exact) mass is 392 g/mol. The Morgan fingerprint density at radius 3 is 2.18 bits per heavy atom. The van der Waals surface area contributed by atoms with Crippen molar-refractivity contribution in [3.05, 3.63) is 35.4 Å². The molecule has 8 heteroatoms. The summed E-state index contributed by atoms with van der Waals surface area (Å²) in [5, 5.41) is 18.2. The van der Waals surface area contributed by atoms with E-state index in [1.165, 1.54) is 11.1 Å². The van der Waals surface area contributed by atoms with Gasteiger partial charge in [0.25, 0.3) is 0 Å². The van der Waals surface area contributed by atoms with Crippen molar-refractivity contribution in [3.63, 3.8) is 0 Å². The van der Waals surface area contributed by atoms with E-state index in [4.69, 9.17) is 24.5 Å². The number of aliphatic carboxylic acids is 2. The summed E-state index contributed by atoms with van der Waals surface area (Å²) in [5.74, 6) is -3.65. The third-order valence-electron chi connectivity index (χ3n) is 4.84. The second kappa shape index (κ2) is 8.60. The Kier molecular flexibility index (Phi) is 6.66. The van der Waals surface area contributed by atoms with Gasteiger partial charge in [0.1, 0.15) is 5.60 Å². The third kappa shape index (κ3) is 5.45. The van der Waals surface area contributed by atoms with Crippen LogP contribution in [-0.2, 0) is 26.3 Å². The van der Waals surface area contributed by atoms with Gasteiger partial charge in [-0.25, -0.2) is 14.4 Å². The van der Waals surface area contributed by atoms with E-state index in [1.807, 2.05) is 25.7 Å². The molecule has 0 aromatic heterocycles. The van der Waals surface area contributed by atoms with E-state index < -0.39 is 17.5 Å². The van der Waals surface area contributed by atoms with Crippen molar-refractivity contribution in [1.29, 1.82) is 0 Å². The van der Waals surface area contributed by atoms with Crippen molar-refractivity contribution in [1.82, 2.24) is 10.2 Å². The number of fused-ring (bicyclic) bond motifs is 2. The highest BCUT2D eigenvalue weighted by molar-refractivity contribution is 6.27. The molecule has 0 atom stereocenters. The summed E-state index contributed by atoms with van der Waals surface area (Å²) in [6, 6.07) is 8.57. The lowest BCUT2D eigenvalue weighted by atomic mass is 9.69. The number of carbonyl (C=O) groups excluding carboxylic acids is 1. The minimum Gasteiger partial charge on any atom is -0.473 e. The van der Waals surface area contributed by atoms with Crippen LogP contribution in [0.15, 0.2) is 24.3 Å². The summed E-state index contributed by atoms with van der Waals surface area (Å²) in [7, 11) is 0. The highest BCUT2D eigenvalue weighted by Crippen LogP contribution is 2.40. The van der Waals surface area contributed by atoms with Crippen LogP contribution in [0.4, 0.5) is 4.79 Å². The zero-order chi connectivity index (χ0) is 20.9. The minimum absolute atomic E-state index is 0.0804. The average molecular weight is 392 g/mol. The Morgan fingerprint density at radius 2 is 1.64 bits per heavy atom. The number of carbonyl (C=O) groups is 3. The Labute approximate surface area is 164 Å². The van der Waals surface area contributed by atoms with Gasteiger partial charge < -0.3 is 25.2 Å². The fraction of sp³-hybridized carbons (Fsp3) is 0.550. The number of nitrogens with one attached hydrogen (secondary N) is 1. The molecule has 2 heterocycles. The molecule has 1 saturated heterocycles. The van der Waals surface area contributed by atoms with E-state index in [0.717, 1.165) is 32.5 Å². The minimum atomic E-state index is -1.82. The highest BCUT2D eigenvalue weighted by atomic mass is 16.6. The van der Waals surface area contributed by atoms with Gasteiger partial charge in [-0.3, -0.25) is 0 Å². The number of hydrogen-bond acceptors (Lipinski definition) is 5. The van der Waals surface area contributed by atoms with E-state index in [9.17, 15) is 4.79 Å². The molecule has 1 fully saturated rings. The fourth-order valence-electron chi connectivity index (χ4n) is 3.68. The molecule has 3 rings (SSSR count). The van der Waals surface area contributed by atoms with Crippen molar-refractivity contribution in [2.24, 2.45) is 0 Å². The number of carboxylic acid groups (broad SMARTS) is 2. The van der Waals surface area contributed by atoms with Crippen LogP contribution < -0.4 is 5.32 Å². The first kappa shape index (κ1) is 21.7. The topological polar surface area (TPSA) is 116 Å². The third-order valence-corrected chi connectivity index (χ3v) is 4.84. The molecule has 1 spiro atoms. The lowest BCUT2D eigenvalue weighted by molar-refractivity contribution is -0.159. The molecule has 0 radical (unpaired) electrons. The van der Waals surface area contributed by atoms with E-state index in [-0.39, 0.29) is 11.5 Å². The predicted octanol–water partition coefficient (Wildman–Crippen LogP) is 2.21. The van der Waals surface area contributed by atoms with Crippen LogP contribution in [0, 0.1) is 0 Å². The number of nitrogens with zero attached hydrogens (tertiary/aromatic N) is 1. The maximum absolute atomic E-state index is 12.5. The number of ether oxygens (including phenoxy) is 1.